The number of benzene rings is 1. The third-order valence-electron chi connectivity index (χ3n) is 5.67. The molecular formula is C20H23N7O. The van der Waals surface area contributed by atoms with Crippen molar-refractivity contribution in [2.24, 2.45) is 0 Å². The standard InChI is InChI=1S/C20H23N7O/c28-20(19-25-22-16-8-4-5-12-26(16)19)21-15-9-10-17-23-24-18(27(17)13-11-15)14-6-2-1-3-7-14/h1-3,6-7,15H,4-5,8-13H2,(H,21,28). The van der Waals surface area contributed by atoms with Crippen LogP contribution in [0.5, 0.6) is 0 Å². The number of rotatable bonds is 3. The summed E-state index contributed by atoms with van der Waals surface area (Å²) in [7, 11) is 0. The van der Waals surface area contributed by atoms with Gasteiger partial charge in [0.15, 0.2) is 5.82 Å². The van der Waals surface area contributed by atoms with E-state index >= 15 is 0 Å². The van der Waals surface area contributed by atoms with Crippen molar-refractivity contribution >= 4 is 5.91 Å². The van der Waals surface area contributed by atoms with Crippen molar-refractivity contribution in [2.45, 2.75) is 57.7 Å². The van der Waals surface area contributed by atoms with Gasteiger partial charge < -0.3 is 14.5 Å². The molecule has 5 rings (SSSR count). The van der Waals surface area contributed by atoms with Crippen LogP contribution in [-0.4, -0.2) is 41.5 Å². The van der Waals surface area contributed by atoms with E-state index in [1.165, 1.54) is 0 Å². The number of nitrogens with zero attached hydrogens (tertiary/aromatic N) is 6. The molecule has 4 heterocycles. The van der Waals surface area contributed by atoms with E-state index in [1.807, 2.05) is 22.8 Å². The predicted molar refractivity (Wildman–Crippen MR) is 103 cm³/mol. The molecule has 1 N–H and O–H groups in total. The van der Waals surface area contributed by atoms with Crippen LogP contribution >= 0.6 is 0 Å². The molecule has 0 aliphatic carbocycles. The van der Waals surface area contributed by atoms with E-state index in [1.54, 1.807) is 0 Å². The van der Waals surface area contributed by atoms with Gasteiger partial charge in [-0.3, -0.25) is 4.79 Å². The maximum absolute atomic E-state index is 12.8. The lowest BCUT2D eigenvalue weighted by molar-refractivity contribution is 0.0916. The van der Waals surface area contributed by atoms with E-state index in [-0.39, 0.29) is 11.9 Å². The third-order valence-corrected chi connectivity index (χ3v) is 5.67. The Bertz CT molecular complexity index is 991. The van der Waals surface area contributed by atoms with Crippen molar-refractivity contribution in [1.82, 2.24) is 34.8 Å². The van der Waals surface area contributed by atoms with Crippen molar-refractivity contribution in [3.05, 3.63) is 47.8 Å². The number of aryl methyl sites for hydroxylation is 2. The minimum atomic E-state index is -0.119. The first kappa shape index (κ1) is 17.1. The number of carbonyl (C=O) groups is 1. The molecule has 3 aromatic rings. The number of hydrogen-bond donors (Lipinski definition) is 1. The van der Waals surface area contributed by atoms with E-state index < -0.39 is 0 Å². The van der Waals surface area contributed by atoms with Gasteiger partial charge >= 0.3 is 0 Å². The Morgan fingerprint density at radius 2 is 1.71 bits per heavy atom. The van der Waals surface area contributed by atoms with Crippen molar-refractivity contribution < 1.29 is 4.79 Å². The first-order chi connectivity index (χ1) is 13.8. The zero-order valence-electron chi connectivity index (χ0n) is 15.7. The Balaban J connectivity index is 1.30. The fourth-order valence-electron chi connectivity index (χ4n) is 4.16. The van der Waals surface area contributed by atoms with E-state index in [9.17, 15) is 4.79 Å². The topological polar surface area (TPSA) is 90.5 Å². The first-order valence-corrected chi connectivity index (χ1v) is 10.00. The van der Waals surface area contributed by atoms with Gasteiger partial charge in [0.2, 0.25) is 5.82 Å². The molecule has 0 saturated carbocycles. The van der Waals surface area contributed by atoms with E-state index in [2.05, 4.69) is 42.4 Å². The summed E-state index contributed by atoms with van der Waals surface area (Å²) < 4.78 is 4.15. The normalized spacial score (nSPS) is 18.8. The second kappa shape index (κ2) is 7.18. The van der Waals surface area contributed by atoms with Crippen molar-refractivity contribution in [3.8, 4) is 11.4 Å². The van der Waals surface area contributed by atoms with E-state index in [4.69, 9.17) is 0 Å². The van der Waals surface area contributed by atoms with Crippen LogP contribution in [0.2, 0.25) is 0 Å². The Hall–Kier alpha value is -3.03. The summed E-state index contributed by atoms with van der Waals surface area (Å²) in [6, 6.07) is 10.2. The quantitative estimate of drug-likeness (QED) is 0.754. The molecule has 2 aliphatic heterocycles. The molecule has 1 unspecified atom stereocenters. The lowest BCUT2D eigenvalue weighted by Gasteiger charge is -2.18. The van der Waals surface area contributed by atoms with Crippen LogP contribution in [0.1, 0.15) is 48.0 Å². The highest BCUT2D eigenvalue weighted by Crippen LogP contribution is 2.23. The summed E-state index contributed by atoms with van der Waals surface area (Å²) in [5.41, 5.74) is 1.07. The Labute approximate surface area is 163 Å². The molecule has 1 atom stereocenters. The molecule has 8 heteroatoms. The second-order valence-electron chi connectivity index (χ2n) is 7.50. The molecule has 28 heavy (non-hydrogen) atoms. The highest BCUT2D eigenvalue weighted by molar-refractivity contribution is 5.90. The van der Waals surface area contributed by atoms with Crippen molar-refractivity contribution in [1.29, 1.82) is 0 Å². The lowest BCUT2D eigenvalue weighted by atomic mass is 10.1. The summed E-state index contributed by atoms with van der Waals surface area (Å²) in [6.45, 7) is 1.62. The molecule has 2 aliphatic rings. The molecule has 2 aromatic heterocycles. The average molecular weight is 377 g/mol. The monoisotopic (exact) mass is 377 g/mol. The number of hydrogen-bond acceptors (Lipinski definition) is 5. The lowest BCUT2D eigenvalue weighted by Crippen LogP contribution is -2.37. The maximum atomic E-state index is 12.8. The SMILES string of the molecule is O=C(NC1CCc2nnc(-c3ccccc3)n2CC1)c1nnc2n1CCCC2. The summed E-state index contributed by atoms with van der Waals surface area (Å²) in [6.07, 6.45) is 5.58. The zero-order valence-corrected chi connectivity index (χ0v) is 15.7. The maximum Gasteiger partial charge on any atom is 0.289 e. The zero-order chi connectivity index (χ0) is 18.9. The minimum Gasteiger partial charge on any atom is -0.346 e. The molecule has 0 spiro atoms. The first-order valence-electron chi connectivity index (χ1n) is 10.00. The Morgan fingerprint density at radius 1 is 0.893 bits per heavy atom. The third kappa shape index (κ3) is 3.08. The summed E-state index contributed by atoms with van der Waals surface area (Å²) >= 11 is 0. The van der Waals surface area contributed by atoms with Crippen LogP contribution in [-0.2, 0) is 25.9 Å². The Morgan fingerprint density at radius 3 is 2.61 bits per heavy atom. The van der Waals surface area contributed by atoms with Gasteiger partial charge in [-0.1, -0.05) is 30.3 Å². The highest BCUT2D eigenvalue weighted by atomic mass is 16.2. The molecule has 0 radical (unpaired) electrons. The molecule has 0 bridgehead atoms. The van der Waals surface area contributed by atoms with E-state index in [0.29, 0.717) is 5.82 Å². The molecule has 0 saturated heterocycles. The van der Waals surface area contributed by atoms with Gasteiger partial charge in [-0.15, -0.1) is 20.4 Å². The van der Waals surface area contributed by atoms with Crippen LogP contribution in [0.4, 0.5) is 0 Å². The smallest absolute Gasteiger partial charge is 0.289 e. The van der Waals surface area contributed by atoms with Gasteiger partial charge in [0.1, 0.15) is 11.6 Å². The molecule has 144 valence electrons. The number of nitrogens with one attached hydrogen (secondary N) is 1. The molecular weight excluding hydrogens is 354 g/mol. The summed E-state index contributed by atoms with van der Waals surface area (Å²) in [5.74, 6) is 3.13. The molecule has 1 aromatic carbocycles. The summed E-state index contributed by atoms with van der Waals surface area (Å²) in [5, 5.41) is 20.3. The molecule has 0 fully saturated rings. The van der Waals surface area contributed by atoms with Crippen molar-refractivity contribution in [3.63, 3.8) is 0 Å². The largest absolute Gasteiger partial charge is 0.346 e. The van der Waals surface area contributed by atoms with Gasteiger partial charge in [-0.05, 0) is 25.7 Å². The molecule has 8 nitrogen and oxygen atoms in total. The number of amides is 1. The predicted octanol–water partition coefficient (Wildman–Crippen LogP) is 2.01. The van der Waals surface area contributed by atoms with Crippen LogP contribution < -0.4 is 5.32 Å². The van der Waals surface area contributed by atoms with Crippen molar-refractivity contribution in [2.75, 3.05) is 0 Å². The van der Waals surface area contributed by atoms with Crippen LogP contribution in [0.15, 0.2) is 30.3 Å². The molecule has 1 amide bonds. The average Bonchev–Trinajstić information content (AvgIpc) is 3.30. The van der Waals surface area contributed by atoms with Gasteiger partial charge in [-0.25, -0.2) is 0 Å². The van der Waals surface area contributed by atoms with Gasteiger partial charge in [-0.2, -0.15) is 0 Å². The number of carbonyl (C=O) groups excluding carboxylic acids is 1. The number of fused-ring (bicyclic) bond motifs is 2. The van der Waals surface area contributed by atoms with Gasteiger partial charge in [0.25, 0.3) is 5.91 Å². The Kier molecular flexibility index (Phi) is 4.38. The fraction of sp³-hybridized carbons (Fsp3) is 0.450. The summed E-state index contributed by atoms with van der Waals surface area (Å²) in [4.78, 5) is 12.8. The van der Waals surface area contributed by atoms with Crippen LogP contribution in [0.3, 0.4) is 0 Å². The van der Waals surface area contributed by atoms with E-state index in [0.717, 1.165) is 74.7 Å². The minimum absolute atomic E-state index is 0.0920. The van der Waals surface area contributed by atoms with Gasteiger partial charge in [0, 0.05) is 37.5 Å². The fourth-order valence-corrected chi connectivity index (χ4v) is 4.16. The van der Waals surface area contributed by atoms with Crippen LogP contribution in [0, 0.1) is 0 Å². The second-order valence-corrected chi connectivity index (χ2v) is 7.50. The number of aromatic nitrogens is 6. The highest BCUT2D eigenvalue weighted by Gasteiger charge is 2.25. The van der Waals surface area contributed by atoms with Crippen LogP contribution in [0.25, 0.3) is 11.4 Å². The van der Waals surface area contributed by atoms with Gasteiger partial charge in [0.05, 0.1) is 0 Å².